The van der Waals surface area contributed by atoms with Gasteiger partial charge in [-0.05, 0) is 35.6 Å². The fourth-order valence-corrected chi connectivity index (χ4v) is 4.02. The van der Waals surface area contributed by atoms with Crippen LogP contribution in [0, 0.1) is 0 Å². The van der Waals surface area contributed by atoms with Crippen LogP contribution in [0.25, 0.3) is 0 Å². The number of benzene rings is 2. The predicted octanol–water partition coefficient (Wildman–Crippen LogP) is 3.62. The molecular formula is C23H27N2O3S+. The van der Waals surface area contributed by atoms with E-state index in [1.807, 2.05) is 6.07 Å². The Morgan fingerprint density at radius 3 is 2.52 bits per heavy atom. The summed E-state index contributed by atoms with van der Waals surface area (Å²) in [4.78, 5) is 13.8. The fraction of sp³-hybridized carbons (Fsp3) is 0.261. The molecule has 3 N–H and O–H groups in total. The molecule has 152 valence electrons. The Labute approximate surface area is 175 Å². The lowest BCUT2D eigenvalue weighted by Crippen LogP contribution is -2.87. The number of nitrogens with two attached hydrogens (primary N) is 1. The Bertz CT molecular complexity index is 924. The van der Waals surface area contributed by atoms with Gasteiger partial charge in [0.15, 0.2) is 6.54 Å². The first-order chi connectivity index (χ1) is 14.1. The first kappa shape index (κ1) is 20.9. The van der Waals surface area contributed by atoms with E-state index in [1.165, 1.54) is 16.0 Å². The van der Waals surface area contributed by atoms with Crippen molar-refractivity contribution in [3.63, 3.8) is 0 Å². The summed E-state index contributed by atoms with van der Waals surface area (Å²) in [6.07, 6.45) is 1.01. The minimum Gasteiger partial charge on any atom is -0.497 e. The van der Waals surface area contributed by atoms with Crippen LogP contribution in [0.3, 0.4) is 0 Å². The molecule has 0 fully saturated rings. The topological polar surface area (TPSA) is 64.2 Å². The maximum atomic E-state index is 12.6. The van der Waals surface area contributed by atoms with Gasteiger partial charge in [-0.3, -0.25) is 4.79 Å². The smallest absolute Gasteiger partial charge is 0.279 e. The second-order valence-electron chi connectivity index (χ2n) is 6.64. The Morgan fingerprint density at radius 2 is 1.90 bits per heavy atom. The van der Waals surface area contributed by atoms with E-state index in [-0.39, 0.29) is 11.9 Å². The van der Waals surface area contributed by atoms with Crippen molar-refractivity contribution in [2.75, 3.05) is 26.1 Å². The first-order valence-electron chi connectivity index (χ1n) is 9.62. The van der Waals surface area contributed by atoms with Crippen LogP contribution in [0.4, 0.5) is 5.69 Å². The van der Waals surface area contributed by atoms with Gasteiger partial charge in [0, 0.05) is 11.6 Å². The number of thiophene rings is 1. The number of carbonyl (C=O) groups excluding carboxylic acids is 1. The van der Waals surface area contributed by atoms with Crippen LogP contribution in [0.1, 0.15) is 29.0 Å². The van der Waals surface area contributed by atoms with Gasteiger partial charge in [0.2, 0.25) is 0 Å². The van der Waals surface area contributed by atoms with Crippen molar-refractivity contribution in [2.45, 2.75) is 19.4 Å². The number of nitrogens with one attached hydrogen (secondary N) is 1. The van der Waals surface area contributed by atoms with Crippen LogP contribution in [0.2, 0.25) is 0 Å². The van der Waals surface area contributed by atoms with Gasteiger partial charge in [-0.25, -0.2) is 0 Å². The summed E-state index contributed by atoms with van der Waals surface area (Å²) < 4.78 is 10.6. The second-order valence-corrected chi connectivity index (χ2v) is 7.62. The average Bonchev–Trinajstić information content (AvgIpc) is 3.29. The zero-order valence-electron chi connectivity index (χ0n) is 17.0. The van der Waals surface area contributed by atoms with Crippen molar-refractivity contribution in [1.82, 2.24) is 0 Å². The van der Waals surface area contributed by atoms with Gasteiger partial charge in [-0.1, -0.05) is 37.3 Å². The van der Waals surface area contributed by atoms with Gasteiger partial charge in [0.25, 0.3) is 5.91 Å². The van der Waals surface area contributed by atoms with Crippen molar-refractivity contribution in [3.8, 4) is 11.5 Å². The summed E-state index contributed by atoms with van der Waals surface area (Å²) >= 11 is 1.70. The molecule has 2 aromatic carbocycles. The number of amides is 1. The number of ether oxygens (including phenoxy) is 2. The van der Waals surface area contributed by atoms with Crippen LogP contribution < -0.4 is 20.1 Å². The monoisotopic (exact) mass is 411 g/mol. The molecule has 0 aliphatic rings. The predicted molar refractivity (Wildman–Crippen MR) is 117 cm³/mol. The molecule has 1 aromatic heterocycles. The Kier molecular flexibility index (Phi) is 7.27. The van der Waals surface area contributed by atoms with Gasteiger partial charge >= 0.3 is 0 Å². The summed E-state index contributed by atoms with van der Waals surface area (Å²) in [6, 6.07) is 18.2. The number of rotatable bonds is 9. The Hall–Kier alpha value is -2.83. The molecule has 5 nitrogen and oxygen atoms in total. The maximum Gasteiger partial charge on any atom is 0.279 e. The van der Waals surface area contributed by atoms with E-state index in [1.54, 1.807) is 43.8 Å². The van der Waals surface area contributed by atoms with Gasteiger partial charge in [-0.15, -0.1) is 11.3 Å². The highest BCUT2D eigenvalue weighted by molar-refractivity contribution is 7.10. The molecule has 0 saturated heterocycles. The molecular weight excluding hydrogens is 384 g/mol. The van der Waals surface area contributed by atoms with Crippen LogP contribution >= 0.6 is 11.3 Å². The third-order valence-electron chi connectivity index (χ3n) is 4.82. The maximum absolute atomic E-state index is 12.6. The lowest BCUT2D eigenvalue weighted by molar-refractivity contribution is -0.675. The van der Waals surface area contributed by atoms with Crippen molar-refractivity contribution in [1.29, 1.82) is 0 Å². The molecule has 6 heteroatoms. The number of aryl methyl sites for hydroxylation is 1. The molecule has 0 saturated carbocycles. The summed E-state index contributed by atoms with van der Waals surface area (Å²) in [5, 5.41) is 7.07. The van der Waals surface area contributed by atoms with E-state index >= 15 is 0 Å². The minimum atomic E-state index is -0.0831. The molecule has 29 heavy (non-hydrogen) atoms. The third kappa shape index (κ3) is 5.37. The highest BCUT2D eigenvalue weighted by Gasteiger charge is 2.20. The van der Waals surface area contributed by atoms with Gasteiger partial charge in [0.05, 0.1) is 24.8 Å². The molecule has 0 radical (unpaired) electrons. The highest BCUT2D eigenvalue weighted by Crippen LogP contribution is 2.29. The number of hydrogen-bond acceptors (Lipinski definition) is 4. The Morgan fingerprint density at radius 1 is 1.10 bits per heavy atom. The average molecular weight is 412 g/mol. The van der Waals surface area contributed by atoms with Crippen LogP contribution in [0.15, 0.2) is 60.0 Å². The lowest BCUT2D eigenvalue weighted by atomic mass is 10.0. The summed E-state index contributed by atoms with van der Waals surface area (Å²) in [6.45, 7) is 2.45. The fourth-order valence-electron chi connectivity index (χ4n) is 3.17. The molecule has 0 spiro atoms. The van der Waals surface area contributed by atoms with E-state index < -0.39 is 0 Å². The van der Waals surface area contributed by atoms with E-state index in [4.69, 9.17) is 9.47 Å². The second kappa shape index (κ2) is 10.1. The molecule has 0 bridgehead atoms. The highest BCUT2D eigenvalue weighted by atomic mass is 32.1. The number of anilines is 1. The van der Waals surface area contributed by atoms with E-state index in [2.05, 4.69) is 53.3 Å². The van der Waals surface area contributed by atoms with Gasteiger partial charge < -0.3 is 20.1 Å². The normalized spacial score (nSPS) is 11.7. The molecule has 0 aliphatic carbocycles. The SMILES string of the molecule is CCc1ccc([C@H]([NH2+]CC(=O)Nc2ccc(OC)cc2OC)c2cccs2)cc1. The molecule has 3 aromatic rings. The molecule has 0 unspecified atom stereocenters. The Balaban J connectivity index is 1.70. The zero-order chi connectivity index (χ0) is 20.6. The molecule has 3 rings (SSSR count). The minimum absolute atomic E-state index is 0.0831. The molecule has 1 atom stereocenters. The van der Waals surface area contributed by atoms with Gasteiger partial charge in [0.1, 0.15) is 17.5 Å². The molecule has 1 heterocycles. The van der Waals surface area contributed by atoms with Crippen molar-refractivity contribution in [3.05, 3.63) is 76.0 Å². The van der Waals surface area contributed by atoms with Crippen LogP contribution in [-0.4, -0.2) is 26.7 Å². The third-order valence-corrected chi connectivity index (χ3v) is 5.77. The molecule has 1 amide bonds. The summed E-state index contributed by atoms with van der Waals surface area (Å²) in [5.74, 6) is 1.17. The van der Waals surface area contributed by atoms with Gasteiger partial charge in [-0.2, -0.15) is 0 Å². The quantitative estimate of drug-likeness (QED) is 0.565. The largest absolute Gasteiger partial charge is 0.497 e. The summed E-state index contributed by atoms with van der Waals surface area (Å²) in [5.41, 5.74) is 3.13. The van der Waals surface area contributed by atoms with Crippen molar-refractivity contribution >= 4 is 22.9 Å². The number of hydrogen-bond donors (Lipinski definition) is 2. The first-order valence-corrected chi connectivity index (χ1v) is 10.5. The lowest BCUT2D eigenvalue weighted by Gasteiger charge is -2.16. The van der Waals surface area contributed by atoms with E-state index in [0.29, 0.717) is 23.7 Å². The van der Waals surface area contributed by atoms with Crippen LogP contribution in [0.5, 0.6) is 11.5 Å². The van der Waals surface area contributed by atoms with Crippen molar-refractivity contribution in [2.24, 2.45) is 0 Å². The van der Waals surface area contributed by atoms with Crippen LogP contribution in [-0.2, 0) is 11.2 Å². The standard InChI is InChI=1S/C23H26N2O3S/c1-4-16-7-9-17(10-8-16)23(21-6-5-13-29-21)24-15-22(26)25-19-12-11-18(27-2)14-20(19)28-3/h5-14,23-24H,4,15H2,1-3H3,(H,25,26)/p+1/t23-/m0/s1. The summed E-state index contributed by atoms with van der Waals surface area (Å²) in [7, 11) is 3.17. The van der Waals surface area contributed by atoms with E-state index in [9.17, 15) is 4.79 Å². The number of carbonyl (C=O) groups is 1. The number of quaternary nitrogens is 1. The zero-order valence-corrected chi connectivity index (χ0v) is 17.8. The van der Waals surface area contributed by atoms with E-state index in [0.717, 1.165) is 6.42 Å². The van der Waals surface area contributed by atoms with Crippen molar-refractivity contribution < 1.29 is 19.6 Å². The number of methoxy groups -OCH3 is 2. The molecule has 0 aliphatic heterocycles.